The molecule has 3 rings (SSSR count). The summed E-state index contributed by atoms with van der Waals surface area (Å²) in [5.74, 6) is -1.25. The zero-order chi connectivity index (χ0) is 16.4. The lowest BCUT2D eigenvalue weighted by Gasteiger charge is -2.27. The van der Waals surface area contributed by atoms with E-state index in [4.69, 9.17) is 9.84 Å². The molecule has 120 valence electrons. The zero-order valence-corrected chi connectivity index (χ0v) is 12.8. The van der Waals surface area contributed by atoms with Gasteiger partial charge in [-0.1, -0.05) is 18.2 Å². The number of aryl methyl sites for hydroxylation is 1. The molecule has 0 aliphatic carbocycles. The Morgan fingerprint density at radius 2 is 2.17 bits per heavy atom. The molecule has 6 nitrogen and oxygen atoms in total. The minimum absolute atomic E-state index is 0.152. The van der Waals surface area contributed by atoms with Crippen molar-refractivity contribution in [1.82, 2.24) is 10.3 Å². The van der Waals surface area contributed by atoms with Crippen LogP contribution in [0.2, 0.25) is 0 Å². The second-order valence-electron chi connectivity index (χ2n) is 5.94. The lowest BCUT2D eigenvalue weighted by atomic mass is 9.93. The van der Waals surface area contributed by atoms with Gasteiger partial charge in [0.25, 0.3) is 5.91 Å². The summed E-state index contributed by atoms with van der Waals surface area (Å²) in [6.07, 6.45) is 0.341. The average molecular weight is 314 g/mol. The van der Waals surface area contributed by atoms with Crippen LogP contribution in [0.25, 0.3) is 10.9 Å². The number of para-hydroxylation sites is 1. The number of ether oxygens (including phenoxy) is 1. The molecule has 0 radical (unpaired) electrons. The normalized spacial score (nSPS) is 20.6. The van der Waals surface area contributed by atoms with Crippen LogP contribution in [0.1, 0.15) is 28.9 Å². The average Bonchev–Trinajstić information content (AvgIpc) is 2.93. The first-order chi connectivity index (χ1) is 11.0. The van der Waals surface area contributed by atoms with Gasteiger partial charge in [0.2, 0.25) is 0 Å². The highest BCUT2D eigenvalue weighted by molar-refractivity contribution is 6.06. The predicted molar refractivity (Wildman–Crippen MR) is 84.4 cm³/mol. The first-order valence-electron chi connectivity index (χ1n) is 7.48. The minimum atomic E-state index is -0.952. The highest BCUT2D eigenvalue weighted by Crippen LogP contribution is 2.25. The molecule has 2 aromatic rings. The van der Waals surface area contributed by atoms with Crippen LogP contribution in [0.15, 0.2) is 30.3 Å². The zero-order valence-electron chi connectivity index (χ0n) is 12.8. The number of carbonyl (C=O) groups is 2. The number of carboxylic acid groups (broad SMARTS) is 1. The van der Waals surface area contributed by atoms with Crippen molar-refractivity contribution < 1.29 is 19.4 Å². The van der Waals surface area contributed by atoms with E-state index in [-0.39, 0.29) is 18.9 Å². The summed E-state index contributed by atoms with van der Waals surface area (Å²) in [5, 5.41) is 12.8. The number of nitrogens with zero attached hydrogens (tertiary/aromatic N) is 1. The van der Waals surface area contributed by atoms with E-state index < -0.39 is 11.5 Å². The lowest BCUT2D eigenvalue weighted by Crippen LogP contribution is -2.50. The summed E-state index contributed by atoms with van der Waals surface area (Å²) in [5.41, 5.74) is 1.14. The fourth-order valence-corrected chi connectivity index (χ4v) is 2.98. The smallest absolute Gasteiger partial charge is 0.305 e. The van der Waals surface area contributed by atoms with Gasteiger partial charge in [-0.05, 0) is 25.5 Å². The number of carbonyl (C=O) groups excluding carboxylic acids is 1. The van der Waals surface area contributed by atoms with Crippen molar-refractivity contribution in [2.75, 3.05) is 13.2 Å². The number of benzene rings is 1. The van der Waals surface area contributed by atoms with Crippen molar-refractivity contribution in [2.45, 2.75) is 25.3 Å². The molecule has 6 heteroatoms. The number of amides is 1. The molecule has 0 spiro atoms. The quantitative estimate of drug-likeness (QED) is 0.900. The molecule has 1 aromatic heterocycles. The second kappa shape index (κ2) is 5.96. The first-order valence-corrected chi connectivity index (χ1v) is 7.48. The fourth-order valence-electron chi connectivity index (χ4n) is 2.98. The molecule has 2 heterocycles. The summed E-state index contributed by atoms with van der Waals surface area (Å²) < 4.78 is 5.32. The third-order valence-corrected chi connectivity index (χ3v) is 4.06. The molecule has 1 aliphatic heterocycles. The molecule has 1 fully saturated rings. The third kappa shape index (κ3) is 3.17. The van der Waals surface area contributed by atoms with Crippen LogP contribution in [0.4, 0.5) is 0 Å². The molecule has 1 atom stereocenters. The summed E-state index contributed by atoms with van der Waals surface area (Å²) in [6.45, 7) is 2.49. The van der Waals surface area contributed by atoms with E-state index in [9.17, 15) is 9.59 Å². The number of rotatable bonds is 4. The van der Waals surface area contributed by atoms with E-state index in [1.165, 1.54) is 0 Å². The predicted octanol–water partition coefficient (Wildman–Crippen LogP) is 1.91. The number of aromatic nitrogens is 1. The van der Waals surface area contributed by atoms with Crippen LogP contribution in [-0.4, -0.2) is 40.7 Å². The fraction of sp³-hybridized carbons (Fsp3) is 0.353. The van der Waals surface area contributed by atoms with E-state index in [1.807, 2.05) is 31.2 Å². The van der Waals surface area contributed by atoms with Crippen LogP contribution in [0, 0.1) is 6.92 Å². The lowest BCUT2D eigenvalue weighted by molar-refractivity contribution is -0.138. The van der Waals surface area contributed by atoms with Crippen molar-refractivity contribution in [3.8, 4) is 0 Å². The van der Waals surface area contributed by atoms with Crippen LogP contribution in [0.5, 0.6) is 0 Å². The number of fused-ring (bicyclic) bond motifs is 1. The Morgan fingerprint density at radius 3 is 2.87 bits per heavy atom. The molecule has 1 unspecified atom stereocenters. The minimum Gasteiger partial charge on any atom is -0.481 e. The number of aliphatic carboxylic acids is 1. The molecule has 1 aromatic carbocycles. The van der Waals surface area contributed by atoms with E-state index in [0.717, 1.165) is 16.6 Å². The SMILES string of the molecule is Cc1cc(C(=O)NC2(CC(=O)O)CCOC2)c2ccccc2n1. The van der Waals surface area contributed by atoms with Gasteiger partial charge in [-0.25, -0.2) is 0 Å². The molecule has 0 saturated carbocycles. The van der Waals surface area contributed by atoms with Gasteiger partial charge in [-0.15, -0.1) is 0 Å². The van der Waals surface area contributed by atoms with E-state index in [2.05, 4.69) is 10.3 Å². The van der Waals surface area contributed by atoms with Crippen molar-refractivity contribution in [3.63, 3.8) is 0 Å². The van der Waals surface area contributed by atoms with Crippen molar-refractivity contribution >= 4 is 22.8 Å². The van der Waals surface area contributed by atoms with Gasteiger partial charge in [-0.2, -0.15) is 0 Å². The molecule has 23 heavy (non-hydrogen) atoms. The molecule has 0 bridgehead atoms. The van der Waals surface area contributed by atoms with Crippen molar-refractivity contribution in [1.29, 1.82) is 0 Å². The van der Waals surface area contributed by atoms with Gasteiger partial charge < -0.3 is 15.2 Å². The van der Waals surface area contributed by atoms with E-state index in [0.29, 0.717) is 18.6 Å². The Morgan fingerprint density at radius 1 is 1.39 bits per heavy atom. The van der Waals surface area contributed by atoms with Crippen molar-refractivity contribution in [3.05, 3.63) is 41.6 Å². The molecular formula is C17H18N2O4. The number of nitrogens with one attached hydrogen (secondary N) is 1. The summed E-state index contributed by atoms with van der Waals surface area (Å²) in [6, 6.07) is 9.13. The number of hydrogen-bond acceptors (Lipinski definition) is 4. The summed E-state index contributed by atoms with van der Waals surface area (Å²) >= 11 is 0. The molecule has 2 N–H and O–H groups in total. The Bertz CT molecular complexity index is 766. The number of hydrogen-bond donors (Lipinski definition) is 2. The maximum Gasteiger partial charge on any atom is 0.305 e. The Hall–Kier alpha value is -2.47. The number of carboxylic acids is 1. The molecule has 1 aliphatic rings. The molecule has 1 amide bonds. The topological polar surface area (TPSA) is 88.5 Å². The van der Waals surface area contributed by atoms with Crippen LogP contribution >= 0.6 is 0 Å². The maximum atomic E-state index is 12.8. The third-order valence-electron chi connectivity index (χ3n) is 4.06. The number of pyridine rings is 1. The maximum absolute atomic E-state index is 12.8. The second-order valence-corrected chi connectivity index (χ2v) is 5.94. The largest absolute Gasteiger partial charge is 0.481 e. The molecule has 1 saturated heterocycles. The Balaban J connectivity index is 1.95. The van der Waals surface area contributed by atoms with Gasteiger partial charge in [-0.3, -0.25) is 14.6 Å². The summed E-state index contributed by atoms with van der Waals surface area (Å²) in [4.78, 5) is 28.3. The Labute approximate surface area is 133 Å². The van der Waals surface area contributed by atoms with Gasteiger partial charge in [0, 0.05) is 17.7 Å². The van der Waals surface area contributed by atoms with E-state index >= 15 is 0 Å². The standard InChI is InChI=1S/C17H18N2O4/c1-11-8-13(12-4-2-3-5-14(12)18-11)16(22)19-17(9-15(20)21)6-7-23-10-17/h2-5,8H,6-7,9-10H2,1H3,(H,19,22)(H,20,21). The molecular weight excluding hydrogens is 296 g/mol. The van der Waals surface area contributed by atoms with Gasteiger partial charge in [0.05, 0.1) is 29.6 Å². The van der Waals surface area contributed by atoms with Crippen LogP contribution in [-0.2, 0) is 9.53 Å². The monoisotopic (exact) mass is 314 g/mol. The van der Waals surface area contributed by atoms with Gasteiger partial charge in [0.15, 0.2) is 0 Å². The van der Waals surface area contributed by atoms with Crippen molar-refractivity contribution in [2.24, 2.45) is 0 Å². The van der Waals surface area contributed by atoms with Gasteiger partial charge in [0.1, 0.15) is 0 Å². The highest BCUT2D eigenvalue weighted by Gasteiger charge is 2.39. The van der Waals surface area contributed by atoms with Crippen LogP contribution in [0.3, 0.4) is 0 Å². The first kappa shape index (κ1) is 15.4. The highest BCUT2D eigenvalue weighted by atomic mass is 16.5. The summed E-state index contributed by atoms with van der Waals surface area (Å²) in [7, 11) is 0. The van der Waals surface area contributed by atoms with Crippen LogP contribution < -0.4 is 5.32 Å². The Kier molecular flexibility index (Phi) is 4.00. The van der Waals surface area contributed by atoms with Gasteiger partial charge >= 0.3 is 5.97 Å². The van der Waals surface area contributed by atoms with E-state index in [1.54, 1.807) is 6.07 Å².